The van der Waals surface area contributed by atoms with Crippen LogP contribution < -0.4 is 4.90 Å². The Bertz CT molecular complexity index is 485. The van der Waals surface area contributed by atoms with Crippen LogP contribution in [0.1, 0.15) is 0 Å². The van der Waals surface area contributed by atoms with Gasteiger partial charge in [-0.2, -0.15) is 0 Å². The number of hydrogen-bond donors (Lipinski definition) is 1. The van der Waals surface area contributed by atoms with Crippen LogP contribution in [0, 0.1) is 19.6 Å². The van der Waals surface area contributed by atoms with Crippen LogP contribution in [0.3, 0.4) is 0 Å². The monoisotopic (exact) mass is 348 g/mol. The molecule has 17 heavy (non-hydrogen) atoms. The molecular formula is C10H9IN2O4. The number of nitro benzene ring substituents is 1. The summed E-state index contributed by atoms with van der Waals surface area (Å²) in [7, 11) is 0. The molecule has 1 aliphatic rings. The van der Waals surface area contributed by atoms with Gasteiger partial charge in [0.1, 0.15) is 0 Å². The van der Waals surface area contributed by atoms with Crippen LogP contribution in [0.25, 0.3) is 0 Å². The minimum Gasteiger partial charge on any atom is -0.481 e. The molecule has 0 bridgehead atoms. The van der Waals surface area contributed by atoms with E-state index in [-0.39, 0.29) is 11.6 Å². The van der Waals surface area contributed by atoms with Gasteiger partial charge in [0.25, 0.3) is 5.69 Å². The summed E-state index contributed by atoms with van der Waals surface area (Å²) in [5, 5.41) is 19.3. The van der Waals surface area contributed by atoms with Crippen LogP contribution in [0.2, 0.25) is 0 Å². The Morgan fingerprint density at radius 2 is 2.18 bits per heavy atom. The molecule has 0 spiro atoms. The largest absolute Gasteiger partial charge is 0.481 e. The van der Waals surface area contributed by atoms with Gasteiger partial charge < -0.3 is 10.0 Å². The fourth-order valence-corrected chi connectivity index (χ4v) is 2.54. The number of nitro groups is 1. The summed E-state index contributed by atoms with van der Waals surface area (Å²) in [5.74, 6) is -1.13. The van der Waals surface area contributed by atoms with E-state index in [1.807, 2.05) is 27.5 Å². The van der Waals surface area contributed by atoms with Crippen molar-refractivity contribution in [2.24, 2.45) is 5.92 Å². The zero-order valence-electron chi connectivity index (χ0n) is 8.67. The van der Waals surface area contributed by atoms with Gasteiger partial charge in [0.15, 0.2) is 0 Å². The van der Waals surface area contributed by atoms with E-state index in [0.717, 1.165) is 9.26 Å². The van der Waals surface area contributed by atoms with Crippen LogP contribution in [0.4, 0.5) is 11.4 Å². The molecule has 1 aromatic carbocycles. The summed E-state index contributed by atoms with van der Waals surface area (Å²) in [4.78, 5) is 22.7. The van der Waals surface area contributed by atoms with Crippen LogP contribution in [0.15, 0.2) is 18.2 Å². The molecule has 2 rings (SSSR count). The lowest BCUT2D eigenvalue weighted by atomic mass is 9.99. The topological polar surface area (TPSA) is 83.7 Å². The maximum absolute atomic E-state index is 10.7. The van der Waals surface area contributed by atoms with Gasteiger partial charge in [0.2, 0.25) is 0 Å². The molecule has 0 radical (unpaired) electrons. The second-order valence-corrected chi connectivity index (χ2v) is 5.00. The Kier molecular flexibility index (Phi) is 3.18. The average Bonchev–Trinajstić information content (AvgIpc) is 2.17. The molecule has 0 atom stereocenters. The highest BCUT2D eigenvalue weighted by Crippen LogP contribution is 2.31. The normalized spacial score (nSPS) is 15.5. The molecule has 1 heterocycles. The molecule has 0 aliphatic carbocycles. The van der Waals surface area contributed by atoms with Crippen molar-refractivity contribution in [1.29, 1.82) is 0 Å². The fourth-order valence-electron chi connectivity index (χ4n) is 1.70. The number of nitrogens with zero attached hydrogens (tertiary/aromatic N) is 2. The van der Waals surface area contributed by atoms with Crippen molar-refractivity contribution >= 4 is 39.9 Å². The molecule has 1 aliphatic heterocycles. The quantitative estimate of drug-likeness (QED) is 0.511. The lowest BCUT2D eigenvalue weighted by Crippen LogP contribution is -2.50. The van der Waals surface area contributed by atoms with Crippen molar-refractivity contribution < 1.29 is 14.8 Å². The lowest BCUT2D eigenvalue weighted by molar-refractivity contribution is -0.384. The van der Waals surface area contributed by atoms with Gasteiger partial charge >= 0.3 is 5.97 Å². The zero-order valence-corrected chi connectivity index (χ0v) is 10.8. The van der Waals surface area contributed by atoms with Gasteiger partial charge in [-0.15, -0.1) is 0 Å². The van der Waals surface area contributed by atoms with Crippen LogP contribution in [-0.2, 0) is 4.79 Å². The minimum absolute atomic E-state index is 0.0495. The number of anilines is 1. The molecule has 0 saturated carbocycles. The smallest absolute Gasteiger partial charge is 0.310 e. The third kappa shape index (κ3) is 2.33. The highest BCUT2D eigenvalue weighted by atomic mass is 127. The second-order valence-electron chi connectivity index (χ2n) is 3.83. The predicted molar refractivity (Wildman–Crippen MR) is 69.2 cm³/mol. The molecule has 1 aromatic rings. The first-order valence-electron chi connectivity index (χ1n) is 4.90. The van der Waals surface area contributed by atoms with E-state index in [0.29, 0.717) is 13.1 Å². The number of carboxylic acid groups (broad SMARTS) is 1. The van der Waals surface area contributed by atoms with E-state index in [9.17, 15) is 14.9 Å². The number of benzene rings is 1. The standard InChI is InChI=1S/C10H9IN2O4/c11-8-3-7(13(16)17)1-2-9(8)12-4-6(5-12)10(14)15/h1-3,6H,4-5H2,(H,14,15). The molecule has 90 valence electrons. The van der Waals surface area contributed by atoms with Crippen molar-refractivity contribution in [3.63, 3.8) is 0 Å². The number of rotatable bonds is 3. The van der Waals surface area contributed by atoms with Gasteiger partial charge in [0.05, 0.1) is 16.5 Å². The SMILES string of the molecule is O=C(O)C1CN(c2ccc([N+](=O)[O-])cc2I)C1. The Morgan fingerprint density at radius 3 is 2.65 bits per heavy atom. The number of carboxylic acids is 1. The maximum Gasteiger partial charge on any atom is 0.310 e. The lowest BCUT2D eigenvalue weighted by Gasteiger charge is -2.39. The summed E-state index contributed by atoms with van der Waals surface area (Å²) in [5.41, 5.74) is 0.905. The van der Waals surface area contributed by atoms with E-state index in [2.05, 4.69) is 0 Å². The third-order valence-corrected chi connectivity index (χ3v) is 3.58. The molecule has 0 aromatic heterocycles. The molecule has 0 amide bonds. The van der Waals surface area contributed by atoms with E-state index >= 15 is 0 Å². The van der Waals surface area contributed by atoms with Gasteiger partial charge in [-0.1, -0.05) is 0 Å². The van der Waals surface area contributed by atoms with Gasteiger partial charge in [0, 0.05) is 28.8 Å². The minimum atomic E-state index is -0.793. The van der Waals surface area contributed by atoms with Crippen molar-refractivity contribution in [1.82, 2.24) is 0 Å². The Hall–Kier alpha value is -1.38. The van der Waals surface area contributed by atoms with Gasteiger partial charge in [-0.3, -0.25) is 14.9 Å². The summed E-state index contributed by atoms with van der Waals surface area (Å²) >= 11 is 2.02. The van der Waals surface area contributed by atoms with E-state index in [4.69, 9.17) is 5.11 Å². The fraction of sp³-hybridized carbons (Fsp3) is 0.300. The second kappa shape index (κ2) is 4.47. The first-order valence-corrected chi connectivity index (χ1v) is 5.98. The third-order valence-electron chi connectivity index (χ3n) is 2.71. The first-order chi connectivity index (χ1) is 7.99. The van der Waals surface area contributed by atoms with E-state index in [1.165, 1.54) is 12.1 Å². The summed E-state index contributed by atoms with van der Waals surface area (Å²) in [6.07, 6.45) is 0. The Morgan fingerprint density at radius 1 is 1.53 bits per heavy atom. The number of aliphatic carboxylic acids is 1. The number of carbonyl (C=O) groups is 1. The van der Waals surface area contributed by atoms with Crippen LogP contribution in [-0.4, -0.2) is 29.1 Å². The summed E-state index contributed by atoms with van der Waals surface area (Å²) in [6, 6.07) is 4.59. The highest BCUT2D eigenvalue weighted by Gasteiger charge is 2.33. The highest BCUT2D eigenvalue weighted by molar-refractivity contribution is 14.1. The summed E-state index contributed by atoms with van der Waals surface area (Å²) < 4.78 is 0.764. The van der Waals surface area contributed by atoms with Gasteiger partial charge in [-0.25, -0.2) is 0 Å². The zero-order chi connectivity index (χ0) is 12.6. The molecule has 0 unspecified atom stereocenters. The van der Waals surface area contributed by atoms with Gasteiger partial charge in [-0.05, 0) is 28.7 Å². The Balaban J connectivity index is 2.14. The molecular weight excluding hydrogens is 339 g/mol. The van der Waals surface area contributed by atoms with Crippen molar-refractivity contribution in [3.8, 4) is 0 Å². The molecule has 1 fully saturated rings. The number of non-ortho nitro benzene ring substituents is 1. The summed E-state index contributed by atoms with van der Waals surface area (Å²) in [6.45, 7) is 0.923. The first kappa shape index (κ1) is 12.1. The maximum atomic E-state index is 10.7. The predicted octanol–water partition coefficient (Wildman–Crippen LogP) is 1.72. The number of halogens is 1. The van der Waals surface area contributed by atoms with E-state index in [1.54, 1.807) is 6.07 Å². The van der Waals surface area contributed by atoms with Crippen LogP contribution in [0.5, 0.6) is 0 Å². The van der Waals surface area contributed by atoms with Crippen LogP contribution >= 0.6 is 22.6 Å². The molecule has 7 heteroatoms. The average molecular weight is 348 g/mol. The molecule has 1 N–H and O–H groups in total. The van der Waals surface area contributed by atoms with Crippen molar-refractivity contribution in [3.05, 3.63) is 31.9 Å². The van der Waals surface area contributed by atoms with Crippen molar-refractivity contribution in [2.45, 2.75) is 0 Å². The molecule has 6 nitrogen and oxygen atoms in total. The number of hydrogen-bond acceptors (Lipinski definition) is 4. The van der Waals surface area contributed by atoms with Crippen molar-refractivity contribution in [2.75, 3.05) is 18.0 Å². The molecule has 1 saturated heterocycles. The van der Waals surface area contributed by atoms with E-state index < -0.39 is 10.9 Å². The Labute approximate surface area is 111 Å².